The van der Waals surface area contributed by atoms with Crippen LogP contribution in [0, 0.1) is 0 Å². The average Bonchev–Trinajstić information content (AvgIpc) is 4.21. The third-order valence-corrected chi connectivity index (χ3v) is 15.5. The predicted molar refractivity (Wildman–Crippen MR) is 299 cm³/mol. The Hall–Kier alpha value is -7.99. The lowest BCUT2D eigenvalue weighted by atomic mass is 9.88. The van der Waals surface area contributed by atoms with Crippen molar-refractivity contribution in [3.05, 3.63) is 229 Å². The summed E-state index contributed by atoms with van der Waals surface area (Å²) in [5, 5.41) is 7.76. The van der Waals surface area contributed by atoms with Crippen LogP contribution < -0.4 is 4.57 Å². The number of hydrogen-bond acceptors (Lipinski definition) is 1. The van der Waals surface area contributed by atoms with Gasteiger partial charge in [-0.3, -0.25) is 0 Å². The molecule has 0 aliphatic carbocycles. The second-order valence-corrected chi connectivity index (χ2v) is 20.2. The number of benzene rings is 9. The molecule has 0 bridgehead atoms. The molecule has 70 heavy (non-hydrogen) atoms. The summed E-state index contributed by atoms with van der Waals surface area (Å²) in [5.74, 6) is 2.16. The number of aromatic nitrogens is 4. The molecule has 5 heterocycles. The molecule has 0 unspecified atom stereocenters. The molecule has 1 aliphatic rings. The molecule has 4 nitrogen and oxygen atoms in total. The fraction of sp³-hybridized carbons (Fsp3) is 0.123. The van der Waals surface area contributed by atoms with Crippen molar-refractivity contribution < 1.29 is 4.57 Å². The average molecular weight is 924 g/mol. The SMILES string of the molecule is C.CC(C)c1cc(-c2ccccc2)cc(C(C)C)c1-n1cc[n+]2c1-c1ccccc1C2.c1ccc2c(c1)c1ccccc1n2-c1ccc2sc3ccc(-n4c5ccccc5c5ccccc54)cc3c2c1. The Bertz CT molecular complexity index is 3820. The van der Waals surface area contributed by atoms with Gasteiger partial charge in [-0.05, 0) is 102 Å². The lowest BCUT2D eigenvalue weighted by Crippen LogP contribution is -2.30. The smallest absolute Gasteiger partial charge is 0.294 e. The van der Waals surface area contributed by atoms with Crippen molar-refractivity contribution in [2.45, 2.75) is 53.5 Å². The number of hydrogen-bond donors (Lipinski definition) is 0. The van der Waals surface area contributed by atoms with Gasteiger partial charge < -0.3 is 9.13 Å². The van der Waals surface area contributed by atoms with E-state index in [4.69, 9.17) is 0 Å². The van der Waals surface area contributed by atoms with E-state index in [2.05, 4.69) is 259 Å². The van der Waals surface area contributed by atoms with Crippen molar-refractivity contribution >= 4 is 75.1 Å². The molecule has 0 N–H and O–H groups in total. The van der Waals surface area contributed by atoms with Crippen molar-refractivity contribution in [2.75, 3.05) is 0 Å². The Morgan fingerprint density at radius 1 is 0.443 bits per heavy atom. The number of para-hydroxylation sites is 4. The van der Waals surface area contributed by atoms with Crippen LogP contribution in [-0.4, -0.2) is 13.7 Å². The van der Waals surface area contributed by atoms with Crippen molar-refractivity contribution in [1.29, 1.82) is 0 Å². The standard InChI is InChI=1S/C36H22N2S.C28H29N2.CH4/c1-5-13-31-25(9-1)26-10-2-6-14-32(26)37(31)23-17-19-35-29(21-23)30-22-24(18-20-36(30)39-35)38-33-15-7-3-11-27(33)28-12-4-8-16-34(28)38;1-19(2)25-16-23(21-10-6-5-7-11-21)17-26(20(3)4)27(25)30-15-14-29-18-22-12-8-9-13-24(22)28(29)30;/h1-22H;5-17,19-20H,18H2,1-4H3;1H4/q;+1;. The molecule has 13 aromatic rings. The maximum atomic E-state index is 2.44. The van der Waals surface area contributed by atoms with Crippen molar-refractivity contribution in [3.63, 3.8) is 0 Å². The molecule has 340 valence electrons. The van der Waals surface area contributed by atoms with E-state index < -0.39 is 0 Å². The number of rotatable bonds is 6. The molecule has 14 rings (SSSR count). The lowest BCUT2D eigenvalue weighted by Gasteiger charge is -2.20. The molecule has 0 amide bonds. The van der Waals surface area contributed by atoms with E-state index in [-0.39, 0.29) is 7.43 Å². The number of fused-ring (bicyclic) bond motifs is 12. The Morgan fingerprint density at radius 2 is 0.886 bits per heavy atom. The minimum atomic E-state index is 0. The van der Waals surface area contributed by atoms with Crippen molar-refractivity contribution in [3.8, 4) is 39.6 Å². The zero-order valence-electron chi connectivity index (χ0n) is 39.3. The minimum Gasteiger partial charge on any atom is -0.309 e. The number of nitrogens with zero attached hydrogens (tertiary/aromatic N) is 4. The van der Waals surface area contributed by atoms with Crippen LogP contribution in [0.3, 0.4) is 0 Å². The van der Waals surface area contributed by atoms with E-state index in [1.165, 1.54) is 120 Å². The lowest BCUT2D eigenvalue weighted by molar-refractivity contribution is -0.671. The van der Waals surface area contributed by atoms with E-state index in [9.17, 15) is 0 Å². The fourth-order valence-electron chi connectivity index (χ4n) is 11.1. The van der Waals surface area contributed by atoms with Gasteiger partial charge in [0, 0.05) is 69.8 Å². The highest BCUT2D eigenvalue weighted by atomic mass is 32.1. The molecular weight excluding hydrogens is 869 g/mol. The van der Waals surface area contributed by atoms with E-state index >= 15 is 0 Å². The van der Waals surface area contributed by atoms with Gasteiger partial charge in [0.2, 0.25) is 0 Å². The number of thiophene rings is 1. The van der Waals surface area contributed by atoms with Crippen LogP contribution in [0.4, 0.5) is 0 Å². The van der Waals surface area contributed by atoms with Crippen LogP contribution in [-0.2, 0) is 6.54 Å². The van der Waals surface area contributed by atoms with Gasteiger partial charge in [0.05, 0.1) is 27.6 Å². The van der Waals surface area contributed by atoms with Crippen LogP contribution >= 0.6 is 11.3 Å². The molecular formula is C65H55N4S+. The Morgan fingerprint density at radius 3 is 1.37 bits per heavy atom. The van der Waals surface area contributed by atoms with Crippen molar-refractivity contribution in [1.82, 2.24) is 13.7 Å². The summed E-state index contributed by atoms with van der Waals surface area (Å²) < 4.78 is 12.3. The van der Waals surface area contributed by atoms with Gasteiger partial charge in [0.15, 0.2) is 0 Å². The highest BCUT2D eigenvalue weighted by Crippen LogP contribution is 2.42. The Labute approximate surface area is 413 Å². The molecule has 0 saturated heterocycles. The van der Waals surface area contributed by atoms with Gasteiger partial charge in [-0.2, -0.15) is 4.57 Å². The summed E-state index contributed by atoms with van der Waals surface area (Å²) in [7, 11) is 0. The second-order valence-electron chi connectivity index (χ2n) is 19.2. The molecule has 4 aromatic heterocycles. The normalized spacial score (nSPS) is 12.1. The van der Waals surface area contributed by atoms with E-state index in [1.54, 1.807) is 0 Å². The number of imidazole rings is 1. The summed E-state index contributed by atoms with van der Waals surface area (Å²) >= 11 is 1.87. The maximum absolute atomic E-state index is 2.44. The highest BCUT2D eigenvalue weighted by molar-refractivity contribution is 7.25. The quantitative estimate of drug-likeness (QED) is 0.148. The van der Waals surface area contributed by atoms with Crippen molar-refractivity contribution in [2.24, 2.45) is 0 Å². The Kier molecular flexibility index (Phi) is 10.6. The minimum absolute atomic E-state index is 0. The summed E-state index contributed by atoms with van der Waals surface area (Å²) in [6, 6.07) is 73.1. The summed E-state index contributed by atoms with van der Waals surface area (Å²) in [6.45, 7) is 10.2. The van der Waals surface area contributed by atoms with E-state index in [0.717, 1.165) is 6.54 Å². The Balaban J connectivity index is 0.000000147. The van der Waals surface area contributed by atoms with Crippen LogP contribution in [0.25, 0.3) is 103 Å². The van der Waals surface area contributed by atoms with Gasteiger partial charge in [0.1, 0.15) is 24.6 Å². The topological polar surface area (TPSA) is 18.7 Å². The largest absolute Gasteiger partial charge is 0.309 e. The van der Waals surface area contributed by atoms with Gasteiger partial charge in [0.25, 0.3) is 5.82 Å². The molecule has 0 saturated carbocycles. The first kappa shape index (κ1) is 43.3. The van der Waals surface area contributed by atoms with Crippen LogP contribution in [0.15, 0.2) is 213 Å². The fourth-order valence-corrected chi connectivity index (χ4v) is 12.2. The molecule has 0 fully saturated rings. The first-order chi connectivity index (χ1) is 33.9. The monoisotopic (exact) mass is 923 g/mol. The highest BCUT2D eigenvalue weighted by Gasteiger charge is 2.33. The summed E-state index contributed by atoms with van der Waals surface area (Å²) in [6.07, 6.45) is 4.48. The molecule has 0 radical (unpaired) electrons. The third-order valence-electron chi connectivity index (χ3n) is 14.4. The summed E-state index contributed by atoms with van der Waals surface area (Å²) in [4.78, 5) is 0. The molecule has 0 spiro atoms. The van der Waals surface area contributed by atoms with Gasteiger partial charge in [-0.25, -0.2) is 4.57 Å². The van der Waals surface area contributed by atoms with Crippen LogP contribution in [0.2, 0.25) is 0 Å². The van der Waals surface area contributed by atoms with Gasteiger partial charge >= 0.3 is 0 Å². The molecule has 9 aromatic carbocycles. The first-order valence-electron chi connectivity index (χ1n) is 24.3. The van der Waals surface area contributed by atoms with E-state index in [1.807, 2.05) is 11.3 Å². The molecule has 1 aliphatic heterocycles. The third kappa shape index (κ3) is 6.90. The second kappa shape index (κ2) is 17.2. The van der Waals surface area contributed by atoms with E-state index in [0.29, 0.717) is 11.8 Å². The summed E-state index contributed by atoms with van der Waals surface area (Å²) in [5.41, 5.74) is 16.9. The zero-order chi connectivity index (χ0) is 46.3. The first-order valence-corrected chi connectivity index (χ1v) is 25.1. The molecule has 0 atom stereocenters. The molecule has 5 heteroatoms. The predicted octanol–water partition coefficient (Wildman–Crippen LogP) is 17.6. The van der Waals surface area contributed by atoms with Crippen LogP contribution in [0.5, 0.6) is 0 Å². The van der Waals surface area contributed by atoms with Crippen LogP contribution in [0.1, 0.15) is 63.6 Å². The van der Waals surface area contributed by atoms with Gasteiger partial charge in [-0.15, -0.1) is 11.3 Å². The maximum Gasteiger partial charge on any atom is 0.294 e. The zero-order valence-corrected chi connectivity index (χ0v) is 40.1. The van der Waals surface area contributed by atoms with Gasteiger partial charge in [-0.1, -0.05) is 156 Å².